The van der Waals surface area contributed by atoms with Gasteiger partial charge in [0.1, 0.15) is 0 Å². The minimum Gasteiger partial charge on any atom is -0.380 e. The molecular formula is C9H20ClNO. The van der Waals surface area contributed by atoms with Crippen LogP contribution in [-0.2, 0) is 4.74 Å². The molecule has 2 nitrogen and oxygen atoms in total. The number of methoxy groups -OCH3 is 1. The van der Waals surface area contributed by atoms with Crippen molar-refractivity contribution in [2.24, 2.45) is 0 Å². The van der Waals surface area contributed by atoms with Crippen LogP contribution in [0.3, 0.4) is 0 Å². The lowest BCUT2D eigenvalue weighted by molar-refractivity contribution is 0.114. The van der Waals surface area contributed by atoms with Gasteiger partial charge in [0.05, 0.1) is 6.10 Å². The Bertz CT molecular complexity index is 101. The Kier molecular flexibility index (Phi) is 7.98. The van der Waals surface area contributed by atoms with E-state index >= 15 is 0 Å². The maximum Gasteiger partial charge on any atom is 0.0667 e. The lowest BCUT2D eigenvalue weighted by atomic mass is 10.1. The first-order chi connectivity index (χ1) is 5.74. The molecule has 0 heterocycles. The molecule has 0 fully saturated rings. The number of alkyl halides is 1. The van der Waals surface area contributed by atoms with Crippen LogP contribution in [0.2, 0.25) is 0 Å². The number of hydrogen-bond acceptors (Lipinski definition) is 2. The summed E-state index contributed by atoms with van der Waals surface area (Å²) in [5.74, 6) is 0.729. The van der Waals surface area contributed by atoms with E-state index in [1.165, 1.54) is 0 Å². The van der Waals surface area contributed by atoms with Crippen molar-refractivity contribution in [2.45, 2.75) is 38.8 Å². The molecule has 0 saturated heterocycles. The largest absolute Gasteiger partial charge is 0.380 e. The van der Waals surface area contributed by atoms with E-state index in [1.807, 2.05) is 0 Å². The van der Waals surface area contributed by atoms with Crippen LogP contribution in [0.1, 0.15) is 26.7 Å². The van der Waals surface area contributed by atoms with E-state index < -0.39 is 0 Å². The summed E-state index contributed by atoms with van der Waals surface area (Å²) in [5.41, 5.74) is 0. The highest BCUT2D eigenvalue weighted by Gasteiger charge is 2.06. The van der Waals surface area contributed by atoms with Crippen molar-refractivity contribution < 1.29 is 4.74 Å². The van der Waals surface area contributed by atoms with E-state index in [0.29, 0.717) is 6.04 Å². The molecule has 0 aliphatic heterocycles. The third-order valence-corrected chi connectivity index (χ3v) is 2.26. The van der Waals surface area contributed by atoms with Gasteiger partial charge in [0.2, 0.25) is 0 Å². The predicted molar refractivity (Wildman–Crippen MR) is 53.9 cm³/mol. The molecule has 0 aromatic heterocycles. The second-order valence-electron chi connectivity index (χ2n) is 3.04. The average molecular weight is 194 g/mol. The molecule has 0 saturated carbocycles. The summed E-state index contributed by atoms with van der Waals surface area (Å²) in [7, 11) is 1.73. The standard InChI is InChI=1S/C9H20ClNO/c1-4-9(5-6-10)11-7-8(2)12-3/h8-9,11H,4-7H2,1-3H3. The van der Waals surface area contributed by atoms with Gasteiger partial charge in [-0.3, -0.25) is 0 Å². The lowest BCUT2D eigenvalue weighted by Crippen LogP contribution is -2.35. The number of nitrogens with one attached hydrogen (secondary N) is 1. The molecule has 74 valence electrons. The van der Waals surface area contributed by atoms with E-state index in [4.69, 9.17) is 16.3 Å². The number of hydrogen-bond donors (Lipinski definition) is 1. The zero-order valence-electron chi connectivity index (χ0n) is 8.27. The zero-order valence-corrected chi connectivity index (χ0v) is 9.03. The smallest absolute Gasteiger partial charge is 0.0667 e. The first kappa shape index (κ1) is 12.2. The second-order valence-corrected chi connectivity index (χ2v) is 3.42. The van der Waals surface area contributed by atoms with Crippen LogP contribution >= 0.6 is 11.6 Å². The highest BCUT2D eigenvalue weighted by Crippen LogP contribution is 1.99. The summed E-state index contributed by atoms with van der Waals surface area (Å²) >= 11 is 5.65. The van der Waals surface area contributed by atoms with Crippen molar-refractivity contribution in [3.05, 3.63) is 0 Å². The van der Waals surface area contributed by atoms with Gasteiger partial charge in [0.25, 0.3) is 0 Å². The molecule has 0 radical (unpaired) electrons. The van der Waals surface area contributed by atoms with Gasteiger partial charge in [-0.25, -0.2) is 0 Å². The van der Waals surface area contributed by atoms with E-state index in [2.05, 4.69) is 19.2 Å². The van der Waals surface area contributed by atoms with Crippen molar-refractivity contribution in [3.63, 3.8) is 0 Å². The maximum absolute atomic E-state index is 5.65. The monoisotopic (exact) mass is 193 g/mol. The van der Waals surface area contributed by atoms with Crippen LogP contribution < -0.4 is 5.32 Å². The molecule has 1 N–H and O–H groups in total. The normalized spacial score (nSPS) is 16.0. The second kappa shape index (κ2) is 7.84. The van der Waals surface area contributed by atoms with Crippen LogP contribution in [0.15, 0.2) is 0 Å². The van der Waals surface area contributed by atoms with Crippen molar-refractivity contribution in [1.82, 2.24) is 5.32 Å². The molecule has 0 rings (SSSR count). The fourth-order valence-corrected chi connectivity index (χ4v) is 1.26. The first-order valence-electron chi connectivity index (χ1n) is 4.56. The average Bonchev–Trinajstić information content (AvgIpc) is 2.11. The van der Waals surface area contributed by atoms with E-state index in [0.717, 1.165) is 25.3 Å². The van der Waals surface area contributed by atoms with Crippen LogP contribution in [-0.4, -0.2) is 31.7 Å². The number of rotatable bonds is 7. The van der Waals surface area contributed by atoms with Gasteiger partial charge >= 0.3 is 0 Å². The quantitative estimate of drug-likeness (QED) is 0.625. The van der Waals surface area contributed by atoms with E-state index in [-0.39, 0.29) is 6.10 Å². The van der Waals surface area contributed by atoms with Crippen molar-refractivity contribution in [3.8, 4) is 0 Å². The fourth-order valence-electron chi connectivity index (χ4n) is 0.998. The Morgan fingerprint density at radius 2 is 2.17 bits per heavy atom. The molecule has 2 atom stereocenters. The van der Waals surface area contributed by atoms with Gasteiger partial charge in [-0.15, -0.1) is 11.6 Å². The van der Waals surface area contributed by atoms with Crippen LogP contribution in [0.25, 0.3) is 0 Å². The highest BCUT2D eigenvalue weighted by atomic mass is 35.5. The summed E-state index contributed by atoms with van der Waals surface area (Å²) in [4.78, 5) is 0. The lowest BCUT2D eigenvalue weighted by Gasteiger charge is -2.18. The summed E-state index contributed by atoms with van der Waals surface area (Å²) in [5, 5.41) is 3.41. The van der Waals surface area contributed by atoms with Crippen molar-refractivity contribution in [2.75, 3.05) is 19.5 Å². The Morgan fingerprint density at radius 1 is 1.50 bits per heavy atom. The Labute approximate surface area is 80.6 Å². The topological polar surface area (TPSA) is 21.3 Å². The van der Waals surface area contributed by atoms with Gasteiger partial charge in [-0.1, -0.05) is 6.92 Å². The van der Waals surface area contributed by atoms with Gasteiger partial charge < -0.3 is 10.1 Å². The summed E-state index contributed by atoms with van der Waals surface area (Å²) in [6.45, 7) is 5.13. The number of ether oxygens (including phenoxy) is 1. The van der Waals surface area contributed by atoms with E-state index in [1.54, 1.807) is 7.11 Å². The third-order valence-electron chi connectivity index (χ3n) is 2.05. The van der Waals surface area contributed by atoms with Gasteiger partial charge in [-0.2, -0.15) is 0 Å². The summed E-state index contributed by atoms with van der Waals surface area (Å²) in [6.07, 6.45) is 2.45. The minimum absolute atomic E-state index is 0.286. The van der Waals surface area contributed by atoms with Crippen molar-refractivity contribution in [1.29, 1.82) is 0 Å². The SMILES string of the molecule is CCC(CCCl)NCC(C)OC. The van der Waals surface area contributed by atoms with Crippen LogP contribution in [0.5, 0.6) is 0 Å². The Hall–Kier alpha value is 0.210. The molecule has 2 unspecified atom stereocenters. The molecule has 0 aromatic carbocycles. The van der Waals surface area contributed by atoms with Crippen LogP contribution in [0, 0.1) is 0 Å². The van der Waals surface area contributed by atoms with Gasteiger partial charge in [0.15, 0.2) is 0 Å². The highest BCUT2D eigenvalue weighted by molar-refractivity contribution is 6.17. The molecule has 0 bridgehead atoms. The fraction of sp³-hybridized carbons (Fsp3) is 1.00. The Balaban J connectivity index is 3.43. The van der Waals surface area contributed by atoms with E-state index in [9.17, 15) is 0 Å². The maximum atomic E-state index is 5.65. The summed E-state index contributed by atoms with van der Waals surface area (Å²) in [6, 6.07) is 0.542. The first-order valence-corrected chi connectivity index (χ1v) is 5.10. The third kappa shape index (κ3) is 5.81. The molecule has 0 amide bonds. The summed E-state index contributed by atoms with van der Waals surface area (Å²) < 4.78 is 5.13. The molecule has 0 spiro atoms. The predicted octanol–water partition coefficient (Wildman–Crippen LogP) is 2.02. The number of halogens is 1. The minimum atomic E-state index is 0.286. The molecular weight excluding hydrogens is 174 g/mol. The molecule has 12 heavy (non-hydrogen) atoms. The molecule has 0 aromatic rings. The molecule has 0 aliphatic carbocycles. The van der Waals surface area contributed by atoms with Crippen molar-refractivity contribution >= 4 is 11.6 Å². The molecule has 3 heteroatoms. The van der Waals surface area contributed by atoms with Crippen LogP contribution in [0.4, 0.5) is 0 Å². The van der Waals surface area contributed by atoms with Gasteiger partial charge in [-0.05, 0) is 19.8 Å². The Morgan fingerprint density at radius 3 is 2.58 bits per heavy atom. The zero-order chi connectivity index (χ0) is 9.40. The van der Waals surface area contributed by atoms with Gasteiger partial charge in [0, 0.05) is 25.6 Å². The molecule has 0 aliphatic rings.